The Labute approximate surface area is 186 Å². The molecule has 5 N–H and O–H groups in total. The molecule has 2 aromatic heterocycles. The van der Waals surface area contributed by atoms with E-state index in [4.69, 9.17) is 5.73 Å². The zero-order valence-electron chi connectivity index (χ0n) is 17.3. The first-order chi connectivity index (χ1) is 15.4. The number of benzene rings is 1. The number of halogens is 2. The molecule has 12 heteroatoms. The first kappa shape index (κ1) is 22.1. The van der Waals surface area contributed by atoms with Gasteiger partial charge in [0, 0.05) is 45.8 Å². The highest BCUT2D eigenvalue weighted by molar-refractivity contribution is 7.19. The fraction of sp³-hybridized carbons (Fsp3) is 0.350. The Balaban J connectivity index is 1.60. The van der Waals surface area contributed by atoms with Crippen LogP contribution >= 0.6 is 11.3 Å². The van der Waals surface area contributed by atoms with Crippen molar-refractivity contribution < 1.29 is 18.7 Å². The maximum atomic E-state index is 14.1. The van der Waals surface area contributed by atoms with E-state index < -0.39 is 17.5 Å². The molecule has 0 radical (unpaired) electrons. The average Bonchev–Trinajstić information content (AvgIpc) is 3.21. The SMILES string of the molecule is Cn1ncc(NC(=O)c2nc(-c3c(F)cccc3F)sc2N)c1N1CCNCC(CO)C1. The predicted octanol–water partition coefficient (Wildman–Crippen LogP) is 1.67. The minimum atomic E-state index is -0.784. The van der Waals surface area contributed by atoms with Crippen LogP contribution in [-0.4, -0.2) is 58.6 Å². The van der Waals surface area contributed by atoms with Crippen molar-refractivity contribution in [2.75, 3.05) is 48.7 Å². The number of nitrogens with one attached hydrogen (secondary N) is 2. The summed E-state index contributed by atoms with van der Waals surface area (Å²) in [7, 11) is 1.76. The van der Waals surface area contributed by atoms with Crippen LogP contribution in [0.3, 0.4) is 0 Å². The lowest BCUT2D eigenvalue weighted by Gasteiger charge is -2.26. The number of aliphatic hydroxyl groups excluding tert-OH is 1. The molecule has 1 amide bonds. The molecule has 9 nitrogen and oxygen atoms in total. The van der Waals surface area contributed by atoms with Crippen molar-refractivity contribution in [3.63, 3.8) is 0 Å². The maximum Gasteiger partial charge on any atom is 0.277 e. The Bertz CT molecular complexity index is 1110. The molecule has 32 heavy (non-hydrogen) atoms. The first-order valence-corrected chi connectivity index (χ1v) is 10.8. The van der Waals surface area contributed by atoms with Crippen molar-refractivity contribution in [1.82, 2.24) is 20.1 Å². The Morgan fingerprint density at radius 3 is 2.88 bits per heavy atom. The lowest BCUT2D eigenvalue weighted by Crippen LogP contribution is -2.33. The molecule has 1 unspecified atom stereocenters. The Morgan fingerprint density at radius 2 is 2.16 bits per heavy atom. The lowest BCUT2D eigenvalue weighted by molar-refractivity contribution is 0.102. The summed E-state index contributed by atoms with van der Waals surface area (Å²) >= 11 is 0.837. The van der Waals surface area contributed by atoms with Crippen molar-refractivity contribution in [2.24, 2.45) is 13.0 Å². The van der Waals surface area contributed by atoms with Gasteiger partial charge in [-0.15, -0.1) is 0 Å². The van der Waals surface area contributed by atoms with E-state index in [1.165, 1.54) is 12.3 Å². The summed E-state index contributed by atoms with van der Waals surface area (Å²) in [4.78, 5) is 19.1. The number of hydrogen-bond donors (Lipinski definition) is 4. The molecule has 1 saturated heterocycles. The van der Waals surface area contributed by atoms with Crippen molar-refractivity contribution in [3.05, 3.63) is 41.7 Å². The normalized spacial score (nSPS) is 16.8. The Kier molecular flexibility index (Phi) is 6.35. The van der Waals surface area contributed by atoms with Crippen LogP contribution < -0.4 is 21.3 Å². The summed E-state index contributed by atoms with van der Waals surface area (Å²) in [5.41, 5.74) is 5.97. The van der Waals surface area contributed by atoms with Gasteiger partial charge in [-0.25, -0.2) is 13.8 Å². The van der Waals surface area contributed by atoms with E-state index in [0.29, 0.717) is 37.7 Å². The summed E-state index contributed by atoms with van der Waals surface area (Å²) in [6.07, 6.45) is 1.51. The zero-order chi connectivity index (χ0) is 22.8. The minimum absolute atomic E-state index is 0.0148. The molecule has 1 aliphatic heterocycles. The molecular formula is C20H23F2N7O2S. The van der Waals surface area contributed by atoms with E-state index in [2.05, 4.69) is 20.7 Å². The number of nitrogen functional groups attached to an aromatic ring is 1. The molecule has 1 fully saturated rings. The van der Waals surface area contributed by atoms with E-state index in [9.17, 15) is 18.7 Å². The number of nitrogens with two attached hydrogens (primary N) is 1. The third-order valence-electron chi connectivity index (χ3n) is 5.23. The number of thiazole rings is 1. The fourth-order valence-corrected chi connectivity index (χ4v) is 4.56. The zero-order valence-corrected chi connectivity index (χ0v) is 18.1. The van der Waals surface area contributed by atoms with Gasteiger partial charge in [-0.2, -0.15) is 5.10 Å². The van der Waals surface area contributed by atoms with E-state index in [1.54, 1.807) is 11.7 Å². The number of hydrogen-bond acceptors (Lipinski definition) is 8. The van der Waals surface area contributed by atoms with Gasteiger partial charge in [0.05, 0.1) is 11.8 Å². The highest BCUT2D eigenvalue weighted by atomic mass is 32.1. The third kappa shape index (κ3) is 4.29. The number of aryl methyl sites for hydroxylation is 1. The molecule has 4 rings (SSSR count). The Morgan fingerprint density at radius 1 is 1.41 bits per heavy atom. The molecule has 0 aliphatic carbocycles. The van der Waals surface area contributed by atoms with Crippen LogP contribution in [0.25, 0.3) is 10.6 Å². The molecule has 0 spiro atoms. The van der Waals surface area contributed by atoms with Gasteiger partial charge in [0.1, 0.15) is 27.3 Å². The molecule has 1 aliphatic rings. The van der Waals surface area contributed by atoms with Gasteiger partial charge in [-0.05, 0) is 12.1 Å². The summed E-state index contributed by atoms with van der Waals surface area (Å²) < 4.78 is 29.9. The van der Waals surface area contributed by atoms with Crippen LogP contribution in [0, 0.1) is 17.6 Å². The number of aromatic nitrogens is 3. The lowest BCUT2D eigenvalue weighted by atomic mass is 10.1. The van der Waals surface area contributed by atoms with Crippen molar-refractivity contribution in [3.8, 4) is 10.6 Å². The molecule has 3 aromatic rings. The number of aliphatic hydroxyl groups is 1. The average molecular weight is 464 g/mol. The largest absolute Gasteiger partial charge is 0.396 e. The molecule has 1 aromatic carbocycles. The fourth-order valence-electron chi connectivity index (χ4n) is 3.68. The smallest absolute Gasteiger partial charge is 0.277 e. The van der Waals surface area contributed by atoms with E-state index in [0.717, 1.165) is 23.5 Å². The number of amides is 1. The van der Waals surface area contributed by atoms with E-state index in [-0.39, 0.29) is 33.8 Å². The van der Waals surface area contributed by atoms with Gasteiger partial charge < -0.3 is 26.4 Å². The van der Waals surface area contributed by atoms with Gasteiger partial charge >= 0.3 is 0 Å². The summed E-state index contributed by atoms with van der Waals surface area (Å²) in [6, 6.07) is 3.49. The summed E-state index contributed by atoms with van der Waals surface area (Å²) in [5, 5.41) is 19.9. The van der Waals surface area contributed by atoms with Crippen molar-refractivity contribution in [1.29, 1.82) is 0 Å². The Hall–Kier alpha value is -3.09. The second kappa shape index (κ2) is 9.18. The van der Waals surface area contributed by atoms with Crippen LogP contribution in [-0.2, 0) is 7.05 Å². The number of nitrogens with zero attached hydrogens (tertiary/aromatic N) is 4. The van der Waals surface area contributed by atoms with E-state index in [1.807, 2.05) is 4.90 Å². The quantitative estimate of drug-likeness (QED) is 0.454. The molecule has 0 bridgehead atoms. The molecular weight excluding hydrogens is 440 g/mol. The van der Waals surface area contributed by atoms with Crippen LogP contribution in [0.2, 0.25) is 0 Å². The highest BCUT2D eigenvalue weighted by Crippen LogP contribution is 2.34. The molecule has 0 saturated carbocycles. The van der Waals surface area contributed by atoms with Gasteiger partial charge in [0.2, 0.25) is 0 Å². The number of carbonyl (C=O) groups excluding carboxylic acids is 1. The molecule has 1 atom stereocenters. The van der Waals surface area contributed by atoms with Gasteiger partial charge in [-0.1, -0.05) is 17.4 Å². The number of anilines is 3. The predicted molar refractivity (Wildman–Crippen MR) is 119 cm³/mol. The highest BCUT2D eigenvalue weighted by Gasteiger charge is 2.26. The van der Waals surface area contributed by atoms with Crippen LogP contribution in [0.1, 0.15) is 10.5 Å². The topological polar surface area (TPSA) is 121 Å². The summed E-state index contributed by atoms with van der Waals surface area (Å²) in [5.74, 6) is -1.47. The number of carbonyl (C=O) groups is 1. The minimum Gasteiger partial charge on any atom is -0.396 e. The standard InChI is InChI=1S/C20H23F2N7O2S/c1-28-20(29-6-5-24-7-11(9-29)10-30)14(8-25-28)26-18(31)16-17(23)32-19(27-16)15-12(21)3-2-4-13(15)22/h2-4,8,11,24,30H,5-7,9-10,23H2,1H3,(H,26,31). The van der Waals surface area contributed by atoms with Gasteiger partial charge in [-0.3, -0.25) is 9.48 Å². The second-order valence-corrected chi connectivity index (χ2v) is 8.52. The van der Waals surface area contributed by atoms with Crippen LogP contribution in [0.4, 0.5) is 25.3 Å². The first-order valence-electron chi connectivity index (χ1n) is 9.99. The molecule has 170 valence electrons. The molecule has 3 heterocycles. The monoisotopic (exact) mass is 463 g/mol. The van der Waals surface area contributed by atoms with E-state index >= 15 is 0 Å². The second-order valence-electron chi connectivity index (χ2n) is 7.49. The van der Waals surface area contributed by atoms with Gasteiger partial charge in [0.15, 0.2) is 11.5 Å². The van der Waals surface area contributed by atoms with Crippen molar-refractivity contribution in [2.45, 2.75) is 0 Å². The van der Waals surface area contributed by atoms with Crippen LogP contribution in [0.15, 0.2) is 24.4 Å². The van der Waals surface area contributed by atoms with Gasteiger partial charge in [0.25, 0.3) is 5.91 Å². The maximum absolute atomic E-state index is 14.1. The number of rotatable bonds is 5. The van der Waals surface area contributed by atoms with Crippen molar-refractivity contribution >= 4 is 33.8 Å². The van der Waals surface area contributed by atoms with Crippen LogP contribution in [0.5, 0.6) is 0 Å². The third-order valence-corrected chi connectivity index (χ3v) is 6.13. The summed E-state index contributed by atoms with van der Waals surface area (Å²) in [6.45, 7) is 2.69.